The monoisotopic (exact) mass is 266 g/mol. The van der Waals surface area contributed by atoms with E-state index >= 15 is 0 Å². The molecule has 2 nitrogen and oxygen atoms in total. The van der Waals surface area contributed by atoms with Crippen molar-refractivity contribution in [1.82, 2.24) is 0 Å². The zero-order valence-corrected chi connectivity index (χ0v) is 11.6. The zero-order valence-electron chi connectivity index (χ0n) is 7.62. The summed E-state index contributed by atoms with van der Waals surface area (Å²) in [5.41, 5.74) is -1.14. The minimum Gasteiger partial charge on any atom is -0.445 e. The standard InChI is InChI=1S/C6H4BF4O2S.K/c8-7(9,10)5-2-1-3-6(4-5)14(11,12)13;/h1-4H;/q-1;+1. The predicted molar refractivity (Wildman–Crippen MR) is 43.4 cm³/mol. The molecule has 1 aromatic rings. The van der Waals surface area contributed by atoms with E-state index in [2.05, 4.69) is 0 Å². The number of benzene rings is 1. The predicted octanol–water partition coefficient (Wildman–Crippen LogP) is -1.60. The van der Waals surface area contributed by atoms with E-state index in [0.29, 0.717) is 6.07 Å². The van der Waals surface area contributed by atoms with Gasteiger partial charge in [-0.15, -0.1) is 9.35 Å². The Hall–Kier alpha value is 0.591. The van der Waals surface area contributed by atoms with E-state index in [4.69, 9.17) is 0 Å². The first-order chi connectivity index (χ1) is 6.21. The summed E-state index contributed by atoms with van der Waals surface area (Å²) in [7, 11) is -5.08. The molecule has 0 atom stereocenters. The van der Waals surface area contributed by atoms with E-state index in [1.165, 1.54) is 0 Å². The van der Waals surface area contributed by atoms with Gasteiger partial charge in [0.1, 0.15) is 0 Å². The van der Waals surface area contributed by atoms with E-state index in [1.807, 2.05) is 0 Å². The molecule has 0 fully saturated rings. The van der Waals surface area contributed by atoms with Crippen molar-refractivity contribution in [3.8, 4) is 0 Å². The zero-order chi connectivity index (χ0) is 11.0. The van der Waals surface area contributed by atoms with Crippen LogP contribution in [0.25, 0.3) is 0 Å². The van der Waals surface area contributed by atoms with Gasteiger partial charge in [-0.1, -0.05) is 18.2 Å². The van der Waals surface area contributed by atoms with E-state index < -0.39 is 27.6 Å². The fourth-order valence-electron chi connectivity index (χ4n) is 0.870. The second kappa shape index (κ2) is 5.28. The Balaban J connectivity index is 0.00000196. The number of halogens is 4. The fraction of sp³-hybridized carbons (Fsp3) is 0. The summed E-state index contributed by atoms with van der Waals surface area (Å²) in [5.74, 6) is 0. The van der Waals surface area contributed by atoms with Gasteiger partial charge in [-0.2, -0.15) is 8.42 Å². The SMILES string of the molecule is O=S(=O)(F)c1cccc([B-](F)(F)F)c1.[K+]. The third-order valence-electron chi connectivity index (χ3n) is 1.52. The van der Waals surface area contributed by atoms with Crippen LogP contribution in [0, 0.1) is 0 Å². The fourth-order valence-corrected chi connectivity index (χ4v) is 1.39. The van der Waals surface area contributed by atoms with Gasteiger partial charge in [0.2, 0.25) is 0 Å². The summed E-state index contributed by atoms with van der Waals surface area (Å²) in [4.78, 5) is -0.978. The van der Waals surface area contributed by atoms with Crippen LogP contribution < -0.4 is 56.8 Å². The first kappa shape index (κ1) is 15.6. The van der Waals surface area contributed by atoms with Gasteiger partial charge in [-0.3, -0.25) is 0 Å². The van der Waals surface area contributed by atoms with Crippen LogP contribution >= 0.6 is 0 Å². The van der Waals surface area contributed by atoms with Crippen LogP contribution in [-0.4, -0.2) is 15.4 Å². The molecule has 0 aliphatic carbocycles. The van der Waals surface area contributed by atoms with Crippen molar-refractivity contribution in [3.63, 3.8) is 0 Å². The van der Waals surface area contributed by atoms with E-state index in [1.54, 1.807) is 0 Å². The molecular formula is C6H4BF4KO2S. The molecule has 0 radical (unpaired) electrons. The third kappa shape index (κ3) is 4.53. The molecule has 0 amide bonds. The molecule has 0 N–H and O–H groups in total. The van der Waals surface area contributed by atoms with Crippen molar-refractivity contribution >= 4 is 22.7 Å². The van der Waals surface area contributed by atoms with Gasteiger partial charge in [0.15, 0.2) is 0 Å². The molecule has 0 aromatic heterocycles. The second-order valence-corrected chi connectivity index (χ2v) is 3.93. The van der Waals surface area contributed by atoms with Gasteiger partial charge in [0.25, 0.3) is 0 Å². The van der Waals surface area contributed by atoms with E-state index in [-0.39, 0.29) is 57.5 Å². The third-order valence-corrected chi connectivity index (χ3v) is 2.33. The Labute approximate surface area is 127 Å². The van der Waals surface area contributed by atoms with Gasteiger partial charge < -0.3 is 12.9 Å². The van der Waals surface area contributed by atoms with Crippen LogP contribution in [0.3, 0.4) is 0 Å². The maximum absolute atomic E-state index is 12.3. The van der Waals surface area contributed by atoms with E-state index in [9.17, 15) is 25.3 Å². The summed E-state index contributed by atoms with van der Waals surface area (Å²) in [6.07, 6.45) is 0. The molecule has 1 rings (SSSR count). The molecular weight excluding hydrogens is 262 g/mol. The van der Waals surface area contributed by atoms with E-state index in [0.717, 1.165) is 12.1 Å². The van der Waals surface area contributed by atoms with Crippen LogP contribution in [0.4, 0.5) is 16.8 Å². The normalized spacial score (nSPS) is 12.0. The summed E-state index contributed by atoms with van der Waals surface area (Å²) in [6.45, 7) is -5.31. The number of hydrogen-bond donors (Lipinski definition) is 0. The van der Waals surface area contributed by atoms with Crippen LogP contribution in [-0.2, 0) is 10.2 Å². The molecule has 0 saturated carbocycles. The molecule has 1 aromatic carbocycles. The first-order valence-corrected chi connectivity index (χ1v) is 4.84. The number of hydrogen-bond acceptors (Lipinski definition) is 2. The largest absolute Gasteiger partial charge is 1.00 e. The Morgan fingerprint density at radius 1 is 1.13 bits per heavy atom. The van der Waals surface area contributed by atoms with Gasteiger partial charge in [0.05, 0.1) is 4.90 Å². The molecule has 0 unspecified atom stereocenters. The van der Waals surface area contributed by atoms with Crippen LogP contribution in [0.5, 0.6) is 0 Å². The molecule has 0 saturated heterocycles. The average molecular weight is 266 g/mol. The molecule has 0 aliphatic rings. The van der Waals surface area contributed by atoms with Crippen LogP contribution in [0.15, 0.2) is 29.2 Å². The van der Waals surface area contributed by atoms with Gasteiger partial charge in [-0.25, -0.2) is 0 Å². The smallest absolute Gasteiger partial charge is 0.445 e. The van der Waals surface area contributed by atoms with Crippen molar-refractivity contribution in [2.45, 2.75) is 4.90 Å². The topological polar surface area (TPSA) is 34.1 Å². The Bertz CT molecular complexity index is 445. The average Bonchev–Trinajstić information content (AvgIpc) is 2.01. The van der Waals surface area contributed by atoms with Crippen molar-refractivity contribution < 1.29 is 76.6 Å². The van der Waals surface area contributed by atoms with Gasteiger partial charge in [0, 0.05) is 0 Å². The maximum Gasteiger partial charge on any atom is 1.00 e. The quantitative estimate of drug-likeness (QED) is 0.367. The molecule has 0 bridgehead atoms. The summed E-state index contributed by atoms with van der Waals surface area (Å²) in [5, 5.41) is 0. The van der Waals surface area contributed by atoms with Crippen LogP contribution in [0.2, 0.25) is 0 Å². The summed E-state index contributed by atoms with van der Waals surface area (Å²) in [6, 6.07) is 2.57. The number of rotatable bonds is 2. The molecule has 0 heterocycles. The first-order valence-electron chi connectivity index (χ1n) is 3.46. The summed E-state index contributed by atoms with van der Waals surface area (Å²) >= 11 is 0. The molecule has 0 spiro atoms. The molecule has 0 aliphatic heterocycles. The van der Waals surface area contributed by atoms with Crippen LogP contribution in [0.1, 0.15) is 0 Å². The molecule has 15 heavy (non-hydrogen) atoms. The van der Waals surface area contributed by atoms with Crippen molar-refractivity contribution in [3.05, 3.63) is 24.3 Å². The minimum atomic E-state index is -5.31. The Morgan fingerprint density at radius 2 is 1.67 bits per heavy atom. The molecule has 78 valence electrons. The second-order valence-electron chi connectivity index (χ2n) is 2.59. The van der Waals surface area contributed by atoms with Gasteiger partial charge in [-0.05, 0) is 6.07 Å². The van der Waals surface area contributed by atoms with Gasteiger partial charge >= 0.3 is 68.6 Å². The molecule has 9 heteroatoms. The van der Waals surface area contributed by atoms with Crippen molar-refractivity contribution in [2.75, 3.05) is 0 Å². The Morgan fingerprint density at radius 3 is 2.07 bits per heavy atom. The minimum absolute atomic E-state index is 0. The maximum atomic E-state index is 12.3. The van der Waals surface area contributed by atoms with Crippen molar-refractivity contribution in [2.24, 2.45) is 0 Å². The Kier molecular flexibility index (Phi) is 5.49. The van der Waals surface area contributed by atoms with Crippen molar-refractivity contribution in [1.29, 1.82) is 0 Å². The summed E-state index contributed by atoms with van der Waals surface area (Å²) < 4.78 is 69.2.